The largest absolute Gasteiger partial charge is 0.475 e. The molecule has 0 radical (unpaired) electrons. The van der Waals surface area contributed by atoms with E-state index in [0.29, 0.717) is 30.8 Å². The number of aromatic carboxylic acids is 1. The quantitative estimate of drug-likeness (QED) is 0.856. The number of carbonyl (C=O) groups is 1. The second-order valence-corrected chi connectivity index (χ2v) is 5.83. The molecular formula is C16H21NO4. The second kappa shape index (κ2) is 5.87. The van der Waals surface area contributed by atoms with Gasteiger partial charge in [0.1, 0.15) is 5.58 Å². The maximum atomic E-state index is 11.4. The summed E-state index contributed by atoms with van der Waals surface area (Å²) in [5, 5.41) is 20.1. The number of fused-ring (bicyclic) bond motifs is 1. The van der Waals surface area contributed by atoms with Gasteiger partial charge in [0.05, 0.1) is 5.60 Å². The van der Waals surface area contributed by atoms with Gasteiger partial charge in [0.2, 0.25) is 5.76 Å². The van der Waals surface area contributed by atoms with Crippen LogP contribution in [0.5, 0.6) is 0 Å². The van der Waals surface area contributed by atoms with Crippen LogP contribution in [0.1, 0.15) is 36.9 Å². The van der Waals surface area contributed by atoms with Gasteiger partial charge in [0, 0.05) is 24.0 Å². The number of rotatable bonds is 6. The number of nitrogens with zero attached hydrogens (tertiary/aromatic N) is 1. The number of aliphatic hydroxyl groups is 1. The number of hydrogen-bond donors (Lipinski definition) is 2. The molecule has 0 atom stereocenters. The van der Waals surface area contributed by atoms with Crippen LogP contribution in [0.25, 0.3) is 11.0 Å². The molecule has 2 aromatic rings. The minimum absolute atomic E-state index is 0.0228. The molecule has 0 fully saturated rings. The number of carboxylic acid groups (broad SMARTS) is 1. The third-order valence-corrected chi connectivity index (χ3v) is 3.33. The van der Waals surface area contributed by atoms with Crippen LogP contribution in [0, 0.1) is 0 Å². The Morgan fingerprint density at radius 2 is 2.00 bits per heavy atom. The highest BCUT2D eigenvalue weighted by atomic mass is 16.4. The number of hydrogen-bond acceptors (Lipinski definition) is 4. The molecule has 0 bridgehead atoms. The fourth-order valence-corrected chi connectivity index (χ4v) is 2.48. The topological polar surface area (TPSA) is 73.9 Å². The van der Waals surface area contributed by atoms with Crippen molar-refractivity contribution >= 4 is 16.9 Å². The molecule has 0 saturated heterocycles. The second-order valence-electron chi connectivity index (χ2n) is 5.83. The van der Waals surface area contributed by atoms with Crippen molar-refractivity contribution in [2.45, 2.75) is 32.9 Å². The molecule has 2 N–H and O–H groups in total. The zero-order valence-electron chi connectivity index (χ0n) is 12.6. The van der Waals surface area contributed by atoms with Crippen LogP contribution in [0.4, 0.5) is 0 Å². The zero-order valence-corrected chi connectivity index (χ0v) is 12.6. The number of furan rings is 1. The van der Waals surface area contributed by atoms with Crippen LogP contribution in [-0.2, 0) is 6.54 Å². The zero-order chi connectivity index (χ0) is 15.6. The van der Waals surface area contributed by atoms with Crippen molar-refractivity contribution in [3.8, 4) is 0 Å². The van der Waals surface area contributed by atoms with Crippen molar-refractivity contribution in [1.29, 1.82) is 0 Å². The molecule has 0 aliphatic rings. The summed E-state index contributed by atoms with van der Waals surface area (Å²) in [5.74, 6) is -1.09. The predicted molar refractivity (Wildman–Crippen MR) is 80.4 cm³/mol. The first-order valence-corrected chi connectivity index (χ1v) is 7.00. The summed E-state index contributed by atoms with van der Waals surface area (Å²) in [7, 11) is 0. The van der Waals surface area contributed by atoms with E-state index in [4.69, 9.17) is 4.42 Å². The Kier molecular flexibility index (Phi) is 4.34. The van der Waals surface area contributed by atoms with Crippen molar-refractivity contribution in [2.75, 3.05) is 13.1 Å². The van der Waals surface area contributed by atoms with E-state index in [1.807, 2.05) is 30.0 Å². The summed E-state index contributed by atoms with van der Waals surface area (Å²) in [6, 6.07) is 7.30. The van der Waals surface area contributed by atoms with Gasteiger partial charge in [-0.2, -0.15) is 0 Å². The first-order chi connectivity index (χ1) is 9.81. The van der Waals surface area contributed by atoms with Gasteiger partial charge in [-0.05, 0) is 26.5 Å². The molecule has 0 aliphatic carbocycles. The highest BCUT2D eigenvalue weighted by molar-refractivity contribution is 5.95. The molecular weight excluding hydrogens is 270 g/mol. The summed E-state index contributed by atoms with van der Waals surface area (Å²) in [4.78, 5) is 13.4. The summed E-state index contributed by atoms with van der Waals surface area (Å²) in [6.07, 6.45) is 0. The van der Waals surface area contributed by atoms with Crippen LogP contribution < -0.4 is 0 Å². The first kappa shape index (κ1) is 15.5. The van der Waals surface area contributed by atoms with Crippen LogP contribution >= 0.6 is 0 Å². The van der Waals surface area contributed by atoms with E-state index in [9.17, 15) is 15.0 Å². The standard InChI is InChI=1S/C16H21NO4/c1-4-17(10-16(2,3)20)9-12-11-7-5-6-8-13(11)21-14(12)15(18)19/h5-8,20H,4,9-10H2,1-3H3,(H,18,19). The predicted octanol–water partition coefficient (Wildman–Crippen LogP) is 2.72. The molecule has 21 heavy (non-hydrogen) atoms. The Hall–Kier alpha value is -1.85. The Morgan fingerprint density at radius 1 is 1.33 bits per heavy atom. The van der Waals surface area contributed by atoms with Crippen molar-refractivity contribution in [1.82, 2.24) is 4.90 Å². The summed E-state index contributed by atoms with van der Waals surface area (Å²) in [6.45, 7) is 7.06. The number of benzene rings is 1. The van der Waals surface area contributed by atoms with Crippen molar-refractivity contribution in [2.24, 2.45) is 0 Å². The van der Waals surface area contributed by atoms with E-state index in [-0.39, 0.29) is 5.76 Å². The molecule has 0 amide bonds. The van der Waals surface area contributed by atoms with Crippen molar-refractivity contribution in [3.05, 3.63) is 35.6 Å². The maximum Gasteiger partial charge on any atom is 0.372 e. The third-order valence-electron chi connectivity index (χ3n) is 3.33. The van der Waals surface area contributed by atoms with Gasteiger partial charge in [-0.3, -0.25) is 4.90 Å². The summed E-state index contributed by atoms with van der Waals surface area (Å²) < 4.78 is 5.45. The Bertz CT molecular complexity index is 639. The lowest BCUT2D eigenvalue weighted by Gasteiger charge is -2.27. The lowest BCUT2D eigenvalue weighted by atomic mass is 10.1. The van der Waals surface area contributed by atoms with Crippen LogP contribution in [0.3, 0.4) is 0 Å². The molecule has 0 unspecified atom stereocenters. The molecule has 1 aromatic carbocycles. The minimum Gasteiger partial charge on any atom is -0.475 e. The monoisotopic (exact) mass is 291 g/mol. The van der Waals surface area contributed by atoms with E-state index in [1.54, 1.807) is 19.9 Å². The smallest absolute Gasteiger partial charge is 0.372 e. The van der Waals surface area contributed by atoms with Gasteiger partial charge in [-0.1, -0.05) is 25.1 Å². The summed E-state index contributed by atoms with van der Waals surface area (Å²) >= 11 is 0. The Balaban J connectivity index is 2.39. The molecule has 0 aliphatic heterocycles. The van der Waals surface area contributed by atoms with E-state index < -0.39 is 11.6 Å². The lowest BCUT2D eigenvalue weighted by Crippen LogP contribution is -2.38. The fraction of sp³-hybridized carbons (Fsp3) is 0.438. The van der Waals surface area contributed by atoms with E-state index in [0.717, 1.165) is 5.39 Å². The normalized spacial score (nSPS) is 12.2. The van der Waals surface area contributed by atoms with Gasteiger partial charge < -0.3 is 14.6 Å². The van der Waals surface area contributed by atoms with Gasteiger partial charge >= 0.3 is 5.97 Å². The minimum atomic E-state index is -1.07. The van der Waals surface area contributed by atoms with Gasteiger partial charge in [-0.25, -0.2) is 4.79 Å². The van der Waals surface area contributed by atoms with Crippen LogP contribution in [0.15, 0.2) is 28.7 Å². The average Bonchev–Trinajstić information content (AvgIpc) is 2.76. The summed E-state index contributed by atoms with van der Waals surface area (Å²) in [5.41, 5.74) is 0.396. The highest BCUT2D eigenvalue weighted by Crippen LogP contribution is 2.27. The first-order valence-electron chi connectivity index (χ1n) is 7.00. The molecule has 5 nitrogen and oxygen atoms in total. The fourth-order valence-electron chi connectivity index (χ4n) is 2.48. The SMILES string of the molecule is CCN(Cc1c(C(=O)O)oc2ccccc12)CC(C)(C)O. The molecule has 1 heterocycles. The molecule has 0 saturated carbocycles. The number of likely N-dealkylation sites (N-methyl/N-ethyl adjacent to an activating group) is 1. The Morgan fingerprint density at radius 3 is 2.57 bits per heavy atom. The molecule has 0 spiro atoms. The van der Waals surface area contributed by atoms with Crippen molar-refractivity contribution in [3.63, 3.8) is 0 Å². The van der Waals surface area contributed by atoms with Crippen LogP contribution in [0.2, 0.25) is 0 Å². The van der Waals surface area contributed by atoms with E-state index in [1.165, 1.54) is 0 Å². The average molecular weight is 291 g/mol. The molecule has 1 aromatic heterocycles. The van der Waals surface area contributed by atoms with Crippen LogP contribution in [-0.4, -0.2) is 39.8 Å². The third kappa shape index (κ3) is 3.62. The molecule has 2 rings (SSSR count). The number of para-hydroxylation sites is 1. The maximum absolute atomic E-state index is 11.4. The van der Waals surface area contributed by atoms with Gasteiger partial charge in [0.15, 0.2) is 0 Å². The van der Waals surface area contributed by atoms with E-state index in [2.05, 4.69) is 0 Å². The van der Waals surface area contributed by atoms with Gasteiger partial charge in [0.25, 0.3) is 0 Å². The highest BCUT2D eigenvalue weighted by Gasteiger charge is 2.24. The molecule has 5 heteroatoms. The Labute approximate surface area is 123 Å². The molecule has 114 valence electrons. The van der Waals surface area contributed by atoms with Crippen molar-refractivity contribution < 1.29 is 19.4 Å². The van der Waals surface area contributed by atoms with Gasteiger partial charge in [-0.15, -0.1) is 0 Å². The number of carboxylic acids is 1. The van der Waals surface area contributed by atoms with E-state index >= 15 is 0 Å². The lowest BCUT2D eigenvalue weighted by molar-refractivity contribution is 0.0352.